The minimum absolute atomic E-state index is 0.0541. The number of rotatable bonds is 9. The number of fused-ring (bicyclic) bond motifs is 1. The second-order valence-electron chi connectivity index (χ2n) is 8.36. The Hall–Kier alpha value is -2.25. The van der Waals surface area contributed by atoms with E-state index in [0.717, 1.165) is 18.4 Å². The fourth-order valence-electron chi connectivity index (χ4n) is 3.76. The molecule has 174 valence electrons. The van der Waals surface area contributed by atoms with E-state index in [1.54, 1.807) is 28.4 Å². The highest BCUT2D eigenvalue weighted by Gasteiger charge is 2.33. The van der Waals surface area contributed by atoms with Gasteiger partial charge in [-0.2, -0.15) is 0 Å². The summed E-state index contributed by atoms with van der Waals surface area (Å²) in [5, 5.41) is 5.55. The van der Waals surface area contributed by atoms with Gasteiger partial charge in [-0.05, 0) is 67.0 Å². The normalized spacial score (nSPS) is 15.4. The third-order valence-corrected chi connectivity index (χ3v) is 6.80. The van der Waals surface area contributed by atoms with Crippen LogP contribution in [-0.2, 0) is 11.2 Å². The number of thiophene rings is 1. The van der Waals surface area contributed by atoms with Crippen molar-refractivity contribution in [3.05, 3.63) is 51.2 Å². The van der Waals surface area contributed by atoms with E-state index in [9.17, 15) is 9.59 Å². The van der Waals surface area contributed by atoms with Crippen molar-refractivity contribution in [3.63, 3.8) is 0 Å². The monoisotopic (exact) mass is 477 g/mol. The van der Waals surface area contributed by atoms with Crippen molar-refractivity contribution in [2.75, 3.05) is 32.8 Å². The highest BCUT2D eigenvalue weighted by molar-refractivity contribution is 7.10. The van der Waals surface area contributed by atoms with E-state index >= 15 is 0 Å². The molecular weight excluding hydrogens is 446 g/mol. The fraction of sp³-hybridized carbons (Fsp3) is 0.500. The summed E-state index contributed by atoms with van der Waals surface area (Å²) in [4.78, 5) is 30.7. The fourth-order valence-corrected chi connectivity index (χ4v) is 4.82. The number of carbonyl (C=O) groups excluding carboxylic acids is 2. The number of amides is 3. The molecule has 1 unspecified atom stereocenters. The predicted molar refractivity (Wildman–Crippen MR) is 130 cm³/mol. The van der Waals surface area contributed by atoms with Gasteiger partial charge in [0.25, 0.3) is 0 Å². The standard InChI is InChI=1S/C24H32ClN3O3S/c1-4-26-24(30)27(12-9-17(2)3)15-23(29)28-13-10-22-20(11-14-32-22)21(28)16-31-19-7-5-18(25)6-8-19/h5-8,11,14,17,21H,4,9-10,12-13,15-16H2,1-3H3,(H,26,30). The zero-order valence-electron chi connectivity index (χ0n) is 19.0. The number of nitrogens with zero attached hydrogens (tertiary/aromatic N) is 2. The molecule has 0 saturated carbocycles. The van der Waals surface area contributed by atoms with Crippen LogP contribution in [0.15, 0.2) is 35.7 Å². The molecule has 8 heteroatoms. The van der Waals surface area contributed by atoms with Crippen LogP contribution >= 0.6 is 22.9 Å². The minimum atomic E-state index is -0.191. The van der Waals surface area contributed by atoms with Gasteiger partial charge >= 0.3 is 6.03 Å². The van der Waals surface area contributed by atoms with E-state index in [0.29, 0.717) is 42.9 Å². The Bertz CT molecular complexity index is 900. The molecule has 2 heterocycles. The number of ether oxygens (including phenoxy) is 1. The zero-order valence-corrected chi connectivity index (χ0v) is 20.5. The Morgan fingerprint density at radius 3 is 2.72 bits per heavy atom. The average Bonchev–Trinajstić information content (AvgIpc) is 3.25. The molecule has 0 radical (unpaired) electrons. The summed E-state index contributed by atoms with van der Waals surface area (Å²) in [6, 6.07) is 8.93. The maximum Gasteiger partial charge on any atom is 0.317 e. The second kappa shape index (κ2) is 11.6. The molecule has 1 N–H and O–H groups in total. The largest absolute Gasteiger partial charge is 0.491 e. The maximum absolute atomic E-state index is 13.4. The van der Waals surface area contributed by atoms with Crippen molar-refractivity contribution in [1.29, 1.82) is 0 Å². The Labute approximate surface area is 199 Å². The molecule has 6 nitrogen and oxygen atoms in total. The Morgan fingerprint density at radius 1 is 1.28 bits per heavy atom. The number of hydrogen-bond acceptors (Lipinski definition) is 4. The first-order valence-corrected chi connectivity index (χ1v) is 12.4. The van der Waals surface area contributed by atoms with E-state index in [4.69, 9.17) is 16.3 Å². The maximum atomic E-state index is 13.4. The van der Waals surface area contributed by atoms with Crippen molar-refractivity contribution >= 4 is 34.9 Å². The van der Waals surface area contributed by atoms with Gasteiger partial charge in [0.05, 0.1) is 6.04 Å². The number of carbonyl (C=O) groups is 2. The Balaban J connectivity index is 1.74. The first-order chi connectivity index (χ1) is 15.4. The molecule has 1 aliphatic heterocycles. The summed E-state index contributed by atoms with van der Waals surface area (Å²) in [6.45, 7) is 8.24. The van der Waals surface area contributed by atoms with Crippen LogP contribution in [0.3, 0.4) is 0 Å². The molecule has 0 saturated heterocycles. The molecule has 0 aliphatic carbocycles. The lowest BCUT2D eigenvalue weighted by Crippen LogP contribution is -2.50. The summed E-state index contributed by atoms with van der Waals surface area (Å²) < 4.78 is 6.04. The number of urea groups is 1. The first kappa shape index (κ1) is 24.4. The molecule has 32 heavy (non-hydrogen) atoms. The van der Waals surface area contributed by atoms with Gasteiger partial charge < -0.3 is 19.9 Å². The van der Waals surface area contributed by atoms with Crippen molar-refractivity contribution in [3.8, 4) is 5.75 Å². The molecule has 3 rings (SSSR count). The highest BCUT2D eigenvalue weighted by atomic mass is 35.5. The van der Waals surface area contributed by atoms with Crippen LogP contribution in [0, 0.1) is 5.92 Å². The highest BCUT2D eigenvalue weighted by Crippen LogP contribution is 2.34. The van der Waals surface area contributed by atoms with Crippen molar-refractivity contribution in [2.24, 2.45) is 5.92 Å². The van der Waals surface area contributed by atoms with Gasteiger partial charge in [0.2, 0.25) is 5.91 Å². The molecule has 1 atom stereocenters. The summed E-state index contributed by atoms with van der Waals surface area (Å²) in [6.07, 6.45) is 1.67. The zero-order chi connectivity index (χ0) is 23.1. The van der Waals surface area contributed by atoms with Crippen LogP contribution in [0.25, 0.3) is 0 Å². The van der Waals surface area contributed by atoms with Gasteiger partial charge in [-0.3, -0.25) is 4.79 Å². The second-order valence-corrected chi connectivity index (χ2v) is 9.79. The van der Waals surface area contributed by atoms with Crippen molar-refractivity contribution in [1.82, 2.24) is 15.1 Å². The number of hydrogen-bond donors (Lipinski definition) is 1. The topological polar surface area (TPSA) is 61.9 Å². The van der Waals surface area contributed by atoms with E-state index in [-0.39, 0.29) is 24.5 Å². The lowest BCUT2D eigenvalue weighted by atomic mass is 10.0. The molecule has 1 aliphatic rings. The molecule has 2 aromatic rings. The third-order valence-electron chi connectivity index (χ3n) is 5.55. The summed E-state index contributed by atoms with van der Waals surface area (Å²) in [7, 11) is 0. The van der Waals surface area contributed by atoms with Crippen molar-refractivity contribution < 1.29 is 14.3 Å². The smallest absolute Gasteiger partial charge is 0.317 e. The molecular formula is C24H32ClN3O3S. The molecule has 0 fully saturated rings. The van der Waals surface area contributed by atoms with Crippen LogP contribution in [-0.4, -0.2) is 54.5 Å². The van der Waals surface area contributed by atoms with Crippen LogP contribution in [0.5, 0.6) is 5.75 Å². The van der Waals surface area contributed by atoms with Gasteiger partial charge in [0.1, 0.15) is 18.9 Å². The Kier molecular flexibility index (Phi) is 8.82. The van der Waals surface area contributed by atoms with Crippen LogP contribution in [0.4, 0.5) is 4.79 Å². The van der Waals surface area contributed by atoms with Crippen LogP contribution in [0.2, 0.25) is 5.02 Å². The lowest BCUT2D eigenvalue weighted by molar-refractivity contribution is -0.135. The van der Waals surface area contributed by atoms with Gasteiger partial charge in [0, 0.05) is 29.5 Å². The number of nitrogens with one attached hydrogen (secondary N) is 1. The third kappa shape index (κ3) is 6.39. The molecule has 0 bridgehead atoms. The van der Waals surface area contributed by atoms with Crippen LogP contribution in [0.1, 0.15) is 43.7 Å². The number of benzene rings is 1. The van der Waals surface area contributed by atoms with Crippen LogP contribution < -0.4 is 10.1 Å². The van der Waals surface area contributed by atoms with E-state index in [2.05, 4.69) is 30.6 Å². The minimum Gasteiger partial charge on any atom is -0.491 e. The van der Waals surface area contributed by atoms with Gasteiger partial charge in [-0.25, -0.2) is 4.79 Å². The van der Waals surface area contributed by atoms with Crippen molar-refractivity contribution in [2.45, 2.75) is 39.7 Å². The van der Waals surface area contributed by atoms with Gasteiger partial charge in [0.15, 0.2) is 0 Å². The molecule has 0 spiro atoms. The summed E-state index contributed by atoms with van der Waals surface area (Å²) >= 11 is 7.69. The lowest BCUT2D eigenvalue weighted by Gasteiger charge is -2.37. The van der Waals surface area contributed by atoms with E-state index < -0.39 is 0 Å². The van der Waals surface area contributed by atoms with E-state index in [1.165, 1.54) is 4.88 Å². The molecule has 3 amide bonds. The average molecular weight is 478 g/mol. The molecule has 1 aromatic carbocycles. The predicted octanol–water partition coefficient (Wildman–Crippen LogP) is 4.98. The Morgan fingerprint density at radius 2 is 2.03 bits per heavy atom. The molecule has 1 aromatic heterocycles. The first-order valence-electron chi connectivity index (χ1n) is 11.2. The van der Waals surface area contributed by atoms with Gasteiger partial charge in [-0.1, -0.05) is 25.4 Å². The van der Waals surface area contributed by atoms with Gasteiger partial charge in [-0.15, -0.1) is 11.3 Å². The van der Waals surface area contributed by atoms with E-state index in [1.807, 2.05) is 24.0 Å². The number of halogens is 1. The summed E-state index contributed by atoms with van der Waals surface area (Å²) in [5.41, 5.74) is 1.13. The summed E-state index contributed by atoms with van der Waals surface area (Å²) in [5.74, 6) is 1.11. The SMILES string of the molecule is CCNC(=O)N(CCC(C)C)CC(=O)N1CCc2sccc2C1COc1ccc(Cl)cc1. The quantitative estimate of drug-likeness (QED) is 0.553.